The van der Waals surface area contributed by atoms with Gasteiger partial charge in [0.2, 0.25) is 0 Å². The van der Waals surface area contributed by atoms with Crippen molar-refractivity contribution in [2.75, 3.05) is 7.11 Å². The Kier molecular flexibility index (Phi) is 3.46. The summed E-state index contributed by atoms with van der Waals surface area (Å²) in [6, 6.07) is 6.19. The van der Waals surface area contributed by atoms with Crippen molar-refractivity contribution in [3.8, 4) is 22.6 Å². The zero-order chi connectivity index (χ0) is 14.0. The van der Waals surface area contributed by atoms with Crippen molar-refractivity contribution >= 4 is 6.29 Å². The van der Waals surface area contributed by atoms with Crippen LogP contribution >= 0.6 is 0 Å². The molecule has 0 aliphatic heterocycles. The molecule has 0 amide bonds. The maximum atomic E-state index is 13.2. The molecule has 2 aromatic rings. The molecule has 0 unspecified atom stereocenters. The fraction of sp³-hybridized carbons (Fsp3) is 0.0714. The van der Waals surface area contributed by atoms with E-state index in [1.807, 2.05) is 0 Å². The molecular weight excluding hydrogens is 254 g/mol. The Morgan fingerprint density at radius 3 is 2.42 bits per heavy atom. The van der Waals surface area contributed by atoms with Crippen LogP contribution in [0.4, 0.5) is 8.78 Å². The third kappa shape index (κ3) is 2.40. The van der Waals surface area contributed by atoms with E-state index in [0.717, 1.165) is 12.1 Å². The van der Waals surface area contributed by atoms with Gasteiger partial charge in [-0.25, -0.2) is 8.78 Å². The molecular formula is C14H10F2O3. The molecule has 5 heteroatoms. The minimum Gasteiger partial charge on any atom is -0.504 e. The smallest absolute Gasteiger partial charge is 0.168 e. The summed E-state index contributed by atoms with van der Waals surface area (Å²) in [6.45, 7) is 0. The van der Waals surface area contributed by atoms with E-state index < -0.39 is 11.6 Å². The quantitative estimate of drug-likeness (QED) is 0.866. The second-order valence-electron chi connectivity index (χ2n) is 3.86. The van der Waals surface area contributed by atoms with Gasteiger partial charge in [0, 0.05) is 0 Å². The van der Waals surface area contributed by atoms with Crippen LogP contribution < -0.4 is 4.74 Å². The lowest BCUT2D eigenvalue weighted by Crippen LogP contribution is -1.92. The first-order valence-electron chi connectivity index (χ1n) is 5.38. The average molecular weight is 264 g/mol. The van der Waals surface area contributed by atoms with Crippen LogP contribution in [0.3, 0.4) is 0 Å². The van der Waals surface area contributed by atoms with E-state index in [2.05, 4.69) is 0 Å². The van der Waals surface area contributed by atoms with Crippen molar-refractivity contribution in [2.45, 2.75) is 0 Å². The highest BCUT2D eigenvalue weighted by atomic mass is 19.2. The second-order valence-corrected chi connectivity index (χ2v) is 3.86. The maximum absolute atomic E-state index is 13.2. The summed E-state index contributed by atoms with van der Waals surface area (Å²) in [6.07, 6.45) is 0.460. The fourth-order valence-electron chi connectivity index (χ4n) is 1.72. The van der Waals surface area contributed by atoms with Gasteiger partial charge in [-0.15, -0.1) is 0 Å². The van der Waals surface area contributed by atoms with Crippen LogP contribution in [0, 0.1) is 11.6 Å². The highest BCUT2D eigenvalue weighted by Gasteiger charge is 2.12. The van der Waals surface area contributed by atoms with Crippen LogP contribution in [0.15, 0.2) is 30.3 Å². The molecule has 1 N–H and O–H groups in total. The van der Waals surface area contributed by atoms with Crippen LogP contribution in [-0.4, -0.2) is 18.5 Å². The molecule has 2 aromatic carbocycles. The van der Waals surface area contributed by atoms with Gasteiger partial charge in [0.25, 0.3) is 0 Å². The molecule has 0 heterocycles. The predicted octanol–water partition coefficient (Wildman–Crippen LogP) is 3.16. The zero-order valence-corrected chi connectivity index (χ0v) is 9.98. The van der Waals surface area contributed by atoms with Gasteiger partial charge < -0.3 is 9.84 Å². The third-order valence-corrected chi connectivity index (χ3v) is 2.70. The van der Waals surface area contributed by atoms with E-state index >= 15 is 0 Å². The largest absolute Gasteiger partial charge is 0.504 e. The first-order chi connectivity index (χ1) is 9.06. The standard InChI is InChI=1S/C14H10F2O3/c1-19-13-6-9(4-10(7-17)14(13)18)8-2-3-11(15)12(16)5-8/h2-7,18H,1H3. The third-order valence-electron chi connectivity index (χ3n) is 2.70. The summed E-state index contributed by atoms with van der Waals surface area (Å²) >= 11 is 0. The van der Waals surface area contributed by atoms with Gasteiger partial charge in [0.15, 0.2) is 29.4 Å². The van der Waals surface area contributed by atoms with Crippen LogP contribution in [0.1, 0.15) is 10.4 Å². The van der Waals surface area contributed by atoms with E-state index in [9.17, 15) is 18.7 Å². The number of carbonyl (C=O) groups is 1. The van der Waals surface area contributed by atoms with E-state index in [4.69, 9.17) is 4.74 Å². The Morgan fingerprint density at radius 2 is 1.84 bits per heavy atom. The van der Waals surface area contributed by atoms with Crippen molar-refractivity contribution in [2.24, 2.45) is 0 Å². The number of hydrogen-bond donors (Lipinski definition) is 1. The molecule has 0 atom stereocenters. The van der Waals surface area contributed by atoms with Crippen LogP contribution in [-0.2, 0) is 0 Å². The molecule has 0 aliphatic rings. The minimum atomic E-state index is -0.989. The molecule has 0 fully saturated rings. The highest BCUT2D eigenvalue weighted by Crippen LogP contribution is 2.34. The number of aldehydes is 1. The summed E-state index contributed by atoms with van der Waals surface area (Å²) in [4.78, 5) is 10.9. The maximum Gasteiger partial charge on any atom is 0.168 e. The minimum absolute atomic E-state index is 0.0130. The number of rotatable bonds is 3. The summed E-state index contributed by atoms with van der Waals surface area (Å²) < 4.78 is 31.0. The second kappa shape index (κ2) is 5.06. The number of methoxy groups -OCH3 is 1. The average Bonchev–Trinajstić information content (AvgIpc) is 2.42. The van der Waals surface area contributed by atoms with E-state index in [1.165, 1.54) is 25.3 Å². The van der Waals surface area contributed by atoms with Gasteiger partial charge in [-0.3, -0.25) is 4.79 Å². The van der Waals surface area contributed by atoms with Crippen molar-refractivity contribution in [3.05, 3.63) is 47.5 Å². The Hall–Kier alpha value is -2.43. The monoisotopic (exact) mass is 264 g/mol. The molecule has 2 rings (SSSR count). The van der Waals surface area contributed by atoms with Crippen LogP contribution in [0.5, 0.6) is 11.5 Å². The van der Waals surface area contributed by atoms with Gasteiger partial charge in [0.1, 0.15) is 0 Å². The van der Waals surface area contributed by atoms with Gasteiger partial charge in [-0.05, 0) is 35.4 Å². The number of ether oxygens (including phenoxy) is 1. The van der Waals surface area contributed by atoms with Crippen molar-refractivity contribution in [3.63, 3.8) is 0 Å². The Labute approximate surface area is 108 Å². The van der Waals surface area contributed by atoms with Crippen LogP contribution in [0.2, 0.25) is 0 Å². The summed E-state index contributed by atoms with van der Waals surface area (Å²) in [5, 5.41) is 9.67. The molecule has 0 aromatic heterocycles. The van der Waals surface area contributed by atoms with Gasteiger partial charge in [-0.1, -0.05) is 6.07 Å². The number of benzene rings is 2. The molecule has 0 radical (unpaired) electrons. The molecule has 0 saturated carbocycles. The van der Waals surface area contributed by atoms with Gasteiger partial charge in [0.05, 0.1) is 12.7 Å². The number of aromatic hydroxyl groups is 1. The Morgan fingerprint density at radius 1 is 1.11 bits per heavy atom. The Balaban J connectivity index is 2.61. The van der Waals surface area contributed by atoms with Gasteiger partial charge >= 0.3 is 0 Å². The van der Waals surface area contributed by atoms with Crippen molar-refractivity contribution in [1.29, 1.82) is 0 Å². The molecule has 0 bridgehead atoms. The molecule has 3 nitrogen and oxygen atoms in total. The predicted molar refractivity (Wildman–Crippen MR) is 65.4 cm³/mol. The van der Waals surface area contributed by atoms with E-state index in [0.29, 0.717) is 17.4 Å². The zero-order valence-electron chi connectivity index (χ0n) is 9.98. The summed E-state index contributed by atoms with van der Waals surface area (Å²) in [5.74, 6) is -2.14. The normalized spacial score (nSPS) is 10.3. The first-order valence-corrected chi connectivity index (χ1v) is 5.38. The van der Waals surface area contributed by atoms with E-state index in [-0.39, 0.29) is 17.1 Å². The number of hydrogen-bond acceptors (Lipinski definition) is 3. The van der Waals surface area contributed by atoms with Gasteiger partial charge in [-0.2, -0.15) is 0 Å². The molecule has 0 spiro atoms. The molecule has 0 aliphatic carbocycles. The summed E-state index contributed by atoms with van der Waals surface area (Å²) in [5.41, 5.74) is 0.829. The number of phenols is 1. The molecule has 98 valence electrons. The topological polar surface area (TPSA) is 46.5 Å². The van der Waals surface area contributed by atoms with E-state index in [1.54, 1.807) is 0 Å². The number of carbonyl (C=O) groups excluding carboxylic acids is 1. The Bertz CT molecular complexity index is 639. The first kappa shape index (κ1) is 13.0. The lowest BCUT2D eigenvalue weighted by molar-refractivity contribution is 0.112. The summed E-state index contributed by atoms with van der Waals surface area (Å²) in [7, 11) is 1.33. The lowest BCUT2D eigenvalue weighted by Gasteiger charge is -2.09. The molecule has 19 heavy (non-hydrogen) atoms. The SMILES string of the molecule is COc1cc(-c2ccc(F)c(F)c2)cc(C=O)c1O. The number of halogens is 2. The van der Waals surface area contributed by atoms with Crippen molar-refractivity contribution in [1.82, 2.24) is 0 Å². The number of phenolic OH excluding ortho intramolecular Hbond substituents is 1. The fourth-order valence-corrected chi connectivity index (χ4v) is 1.72. The highest BCUT2D eigenvalue weighted by molar-refractivity contribution is 5.85. The molecule has 0 saturated heterocycles. The van der Waals surface area contributed by atoms with Crippen LogP contribution in [0.25, 0.3) is 11.1 Å². The lowest BCUT2D eigenvalue weighted by atomic mass is 10.0. The van der Waals surface area contributed by atoms with Crippen molar-refractivity contribution < 1.29 is 23.4 Å².